The fourth-order valence-corrected chi connectivity index (χ4v) is 2.65. The number of halogens is 3. The van der Waals surface area contributed by atoms with Crippen LogP contribution < -0.4 is 11.1 Å². The van der Waals surface area contributed by atoms with E-state index in [4.69, 9.17) is 28.9 Å². The average molecular weight is 296 g/mol. The minimum absolute atomic E-state index is 0. The monoisotopic (exact) mass is 294 g/mol. The quantitative estimate of drug-likeness (QED) is 0.877. The maximum atomic E-state index is 6.27. The Kier molecular flexibility index (Phi) is 6.04. The molecule has 96 valence electrons. The summed E-state index contributed by atoms with van der Waals surface area (Å²) in [5, 5.41) is 4.75. The first-order chi connectivity index (χ1) is 7.68. The van der Waals surface area contributed by atoms with Gasteiger partial charge in [0.2, 0.25) is 0 Å². The van der Waals surface area contributed by atoms with Crippen LogP contribution in [0.5, 0.6) is 0 Å². The molecule has 0 bridgehead atoms. The Morgan fingerprint density at radius 2 is 1.88 bits per heavy atom. The van der Waals surface area contributed by atoms with E-state index < -0.39 is 0 Å². The highest BCUT2D eigenvalue weighted by molar-refractivity contribution is 6.33. The zero-order valence-electron chi connectivity index (χ0n) is 9.46. The Morgan fingerprint density at radius 1 is 1.24 bits per heavy atom. The number of hydrogen-bond acceptors (Lipinski definition) is 2. The van der Waals surface area contributed by atoms with Gasteiger partial charge < -0.3 is 11.1 Å². The van der Waals surface area contributed by atoms with Gasteiger partial charge in [-0.05, 0) is 55.6 Å². The van der Waals surface area contributed by atoms with Crippen LogP contribution in [0.2, 0.25) is 10.0 Å². The van der Waals surface area contributed by atoms with Crippen LogP contribution in [0.1, 0.15) is 24.4 Å². The third-order valence-electron chi connectivity index (χ3n) is 3.21. The van der Waals surface area contributed by atoms with E-state index in [1.54, 1.807) is 6.07 Å². The third-order valence-corrected chi connectivity index (χ3v) is 3.79. The minimum Gasteiger partial charge on any atom is -0.324 e. The molecule has 1 atom stereocenters. The molecule has 3 N–H and O–H groups in total. The molecule has 0 spiro atoms. The number of hydrogen-bond donors (Lipinski definition) is 2. The zero-order chi connectivity index (χ0) is 11.5. The van der Waals surface area contributed by atoms with Gasteiger partial charge in [-0.2, -0.15) is 0 Å². The van der Waals surface area contributed by atoms with Gasteiger partial charge in [0.05, 0.1) is 0 Å². The Morgan fingerprint density at radius 3 is 2.53 bits per heavy atom. The topological polar surface area (TPSA) is 38.0 Å². The summed E-state index contributed by atoms with van der Waals surface area (Å²) in [5.74, 6) is 0.497. The summed E-state index contributed by atoms with van der Waals surface area (Å²) in [6.45, 7) is 2.08. The van der Waals surface area contributed by atoms with E-state index in [2.05, 4.69) is 5.32 Å². The lowest BCUT2D eigenvalue weighted by molar-refractivity contribution is 0.322. The lowest BCUT2D eigenvalue weighted by Gasteiger charge is -2.28. The van der Waals surface area contributed by atoms with Crippen LogP contribution in [0.4, 0.5) is 0 Å². The Bertz CT molecular complexity index is 365. The predicted octanol–water partition coefficient (Wildman–Crippen LogP) is 3.41. The van der Waals surface area contributed by atoms with E-state index in [0.717, 1.165) is 36.5 Å². The normalized spacial score (nSPS) is 18.5. The maximum Gasteiger partial charge on any atom is 0.0454 e. The largest absolute Gasteiger partial charge is 0.324 e. The SMILES string of the molecule is Cl.N[C@@H](c1cc(Cl)ccc1Cl)C1CCNCC1. The number of nitrogens with two attached hydrogens (primary N) is 1. The Hall–Kier alpha value is 0.01000. The highest BCUT2D eigenvalue weighted by Crippen LogP contribution is 2.32. The van der Waals surface area contributed by atoms with Crippen LogP contribution in [-0.4, -0.2) is 13.1 Å². The van der Waals surface area contributed by atoms with Crippen molar-refractivity contribution in [3.05, 3.63) is 33.8 Å². The van der Waals surface area contributed by atoms with Crippen molar-refractivity contribution in [1.82, 2.24) is 5.32 Å². The van der Waals surface area contributed by atoms with Crippen LogP contribution in [0, 0.1) is 5.92 Å². The number of piperidine rings is 1. The summed E-state index contributed by atoms with van der Waals surface area (Å²) >= 11 is 12.1. The highest BCUT2D eigenvalue weighted by atomic mass is 35.5. The highest BCUT2D eigenvalue weighted by Gasteiger charge is 2.23. The van der Waals surface area contributed by atoms with Crippen molar-refractivity contribution in [2.24, 2.45) is 11.7 Å². The molecule has 0 saturated carbocycles. The first kappa shape index (κ1) is 15.1. The summed E-state index contributed by atoms with van der Waals surface area (Å²) in [6, 6.07) is 5.49. The van der Waals surface area contributed by atoms with Crippen LogP contribution in [-0.2, 0) is 0 Å². The van der Waals surface area contributed by atoms with Gasteiger partial charge in [0.15, 0.2) is 0 Å². The Balaban J connectivity index is 0.00000144. The van der Waals surface area contributed by atoms with Crippen molar-refractivity contribution >= 4 is 35.6 Å². The molecule has 5 heteroatoms. The van der Waals surface area contributed by atoms with Gasteiger partial charge in [-0.15, -0.1) is 12.4 Å². The molecule has 0 aromatic heterocycles. The van der Waals surface area contributed by atoms with Crippen LogP contribution in [0.25, 0.3) is 0 Å². The van der Waals surface area contributed by atoms with E-state index in [1.807, 2.05) is 12.1 Å². The van der Waals surface area contributed by atoms with Gasteiger partial charge in [0, 0.05) is 16.1 Å². The molecule has 2 nitrogen and oxygen atoms in total. The van der Waals surface area contributed by atoms with E-state index in [1.165, 1.54) is 0 Å². The molecule has 1 fully saturated rings. The second-order valence-electron chi connectivity index (χ2n) is 4.28. The second kappa shape index (κ2) is 6.81. The molecule has 1 aromatic rings. The fourth-order valence-electron chi connectivity index (χ4n) is 2.23. The second-order valence-corrected chi connectivity index (χ2v) is 5.12. The zero-order valence-corrected chi connectivity index (χ0v) is 11.8. The lowest BCUT2D eigenvalue weighted by Crippen LogP contribution is -2.33. The number of rotatable bonds is 2. The van der Waals surface area contributed by atoms with Crippen molar-refractivity contribution in [3.63, 3.8) is 0 Å². The van der Waals surface area contributed by atoms with E-state index >= 15 is 0 Å². The van der Waals surface area contributed by atoms with Crippen molar-refractivity contribution in [2.75, 3.05) is 13.1 Å². The summed E-state index contributed by atoms with van der Waals surface area (Å²) < 4.78 is 0. The standard InChI is InChI=1S/C12H16Cl2N2.ClH/c13-9-1-2-11(14)10(7-9)12(15)8-3-5-16-6-4-8;/h1-2,7-8,12,16H,3-6,15H2;1H/t12-;/m1./s1. The molecule has 0 amide bonds. The first-order valence-corrected chi connectivity index (χ1v) is 6.35. The van der Waals surface area contributed by atoms with Crippen molar-refractivity contribution in [1.29, 1.82) is 0 Å². The molecule has 1 saturated heterocycles. The third kappa shape index (κ3) is 3.73. The molecule has 2 rings (SSSR count). The van der Waals surface area contributed by atoms with E-state index in [9.17, 15) is 0 Å². The molecule has 1 aromatic carbocycles. The van der Waals surface area contributed by atoms with Gasteiger partial charge >= 0.3 is 0 Å². The summed E-state index contributed by atoms with van der Waals surface area (Å²) in [5.41, 5.74) is 7.24. The van der Waals surface area contributed by atoms with Crippen molar-refractivity contribution in [3.8, 4) is 0 Å². The van der Waals surface area contributed by atoms with Crippen molar-refractivity contribution < 1.29 is 0 Å². The summed E-state index contributed by atoms with van der Waals surface area (Å²) in [4.78, 5) is 0. The average Bonchev–Trinajstić information content (AvgIpc) is 2.32. The Labute approximate surface area is 118 Å². The van der Waals surface area contributed by atoms with E-state index in [0.29, 0.717) is 10.9 Å². The van der Waals surface area contributed by atoms with Crippen LogP contribution >= 0.6 is 35.6 Å². The van der Waals surface area contributed by atoms with Crippen LogP contribution in [0.15, 0.2) is 18.2 Å². The lowest BCUT2D eigenvalue weighted by atomic mass is 9.86. The van der Waals surface area contributed by atoms with Crippen molar-refractivity contribution in [2.45, 2.75) is 18.9 Å². The molecule has 1 heterocycles. The number of benzene rings is 1. The van der Waals surface area contributed by atoms with Gasteiger partial charge in [-0.3, -0.25) is 0 Å². The molecule has 17 heavy (non-hydrogen) atoms. The van der Waals surface area contributed by atoms with Gasteiger partial charge in [0.25, 0.3) is 0 Å². The van der Waals surface area contributed by atoms with Gasteiger partial charge in [-0.25, -0.2) is 0 Å². The molecule has 1 aliphatic heterocycles. The van der Waals surface area contributed by atoms with Gasteiger partial charge in [0.1, 0.15) is 0 Å². The van der Waals surface area contributed by atoms with E-state index in [-0.39, 0.29) is 18.4 Å². The molecule has 0 aliphatic carbocycles. The molecule has 1 aliphatic rings. The first-order valence-electron chi connectivity index (χ1n) is 5.59. The smallest absolute Gasteiger partial charge is 0.0454 e. The molecular weight excluding hydrogens is 279 g/mol. The molecule has 0 radical (unpaired) electrons. The number of nitrogens with one attached hydrogen (secondary N) is 1. The fraction of sp³-hybridized carbons (Fsp3) is 0.500. The van der Waals surface area contributed by atoms with Crippen LogP contribution in [0.3, 0.4) is 0 Å². The summed E-state index contributed by atoms with van der Waals surface area (Å²) in [6.07, 6.45) is 2.20. The minimum atomic E-state index is -0.00620. The summed E-state index contributed by atoms with van der Waals surface area (Å²) in [7, 11) is 0. The maximum absolute atomic E-state index is 6.27. The molecular formula is C12H17Cl3N2. The molecule has 0 unspecified atom stereocenters. The predicted molar refractivity (Wildman–Crippen MR) is 76.2 cm³/mol. The van der Waals surface area contributed by atoms with Gasteiger partial charge in [-0.1, -0.05) is 23.2 Å².